The van der Waals surface area contributed by atoms with E-state index in [0.29, 0.717) is 6.42 Å². The Labute approximate surface area is 87.0 Å². The summed E-state index contributed by atoms with van der Waals surface area (Å²) in [6.45, 7) is 11.7. The summed E-state index contributed by atoms with van der Waals surface area (Å²) in [5, 5.41) is 9.59. The Hall–Kier alpha value is -0.790. The van der Waals surface area contributed by atoms with E-state index in [4.69, 9.17) is 0 Å². The number of hydrogen-bond donors (Lipinski definition) is 1. The SMILES string of the molecule is CC(C)(C)CC(=O)C=C(O)C(C)(C)C. The van der Waals surface area contributed by atoms with Crippen LogP contribution in [-0.4, -0.2) is 10.9 Å². The molecule has 14 heavy (non-hydrogen) atoms. The van der Waals surface area contributed by atoms with Gasteiger partial charge >= 0.3 is 0 Å². The number of aliphatic hydroxyl groups excluding tert-OH is 1. The van der Waals surface area contributed by atoms with Crippen LogP contribution in [0.2, 0.25) is 0 Å². The number of hydrogen-bond acceptors (Lipinski definition) is 2. The van der Waals surface area contributed by atoms with Gasteiger partial charge in [-0.3, -0.25) is 4.79 Å². The van der Waals surface area contributed by atoms with E-state index >= 15 is 0 Å². The minimum Gasteiger partial charge on any atom is -0.512 e. The molecule has 0 amide bonds. The first-order chi connectivity index (χ1) is 6.02. The molecule has 0 aromatic rings. The summed E-state index contributed by atoms with van der Waals surface area (Å²) >= 11 is 0. The Bertz CT molecular complexity index is 236. The van der Waals surface area contributed by atoms with Crippen molar-refractivity contribution < 1.29 is 9.90 Å². The van der Waals surface area contributed by atoms with Gasteiger partial charge in [-0.05, 0) is 5.41 Å². The second-order valence-corrected chi connectivity index (χ2v) is 5.98. The molecule has 0 aliphatic heterocycles. The van der Waals surface area contributed by atoms with Gasteiger partial charge in [0.1, 0.15) is 5.76 Å². The van der Waals surface area contributed by atoms with E-state index in [-0.39, 0.29) is 22.4 Å². The third-order valence-corrected chi connectivity index (χ3v) is 1.77. The van der Waals surface area contributed by atoms with Crippen LogP contribution in [-0.2, 0) is 4.79 Å². The lowest BCUT2D eigenvalue weighted by molar-refractivity contribution is -0.116. The summed E-state index contributed by atoms with van der Waals surface area (Å²) in [4.78, 5) is 11.5. The van der Waals surface area contributed by atoms with Crippen LogP contribution in [0.3, 0.4) is 0 Å². The van der Waals surface area contributed by atoms with Gasteiger partial charge in [0.2, 0.25) is 0 Å². The lowest BCUT2D eigenvalue weighted by Gasteiger charge is -2.19. The number of allylic oxidation sites excluding steroid dienone is 2. The molecule has 2 nitrogen and oxygen atoms in total. The largest absolute Gasteiger partial charge is 0.512 e. The summed E-state index contributed by atoms with van der Waals surface area (Å²) in [5.41, 5.74) is -0.362. The Kier molecular flexibility index (Phi) is 3.92. The number of carbonyl (C=O) groups excluding carboxylic acids is 1. The molecular formula is C12H22O2. The van der Waals surface area contributed by atoms with Crippen molar-refractivity contribution in [2.75, 3.05) is 0 Å². The first-order valence-corrected chi connectivity index (χ1v) is 4.96. The molecular weight excluding hydrogens is 176 g/mol. The summed E-state index contributed by atoms with van der Waals surface area (Å²) in [7, 11) is 0. The predicted octanol–water partition coefficient (Wildman–Crippen LogP) is 3.48. The third-order valence-electron chi connectivity index (χ3n) is 1.77. The normalized spacial score (nSPS) is 14.3. The standard InChI is InChI=1S/C12H22O2/c1-11(2,3)8-9(13)7-10(14)12(4,5)6/h7,14H,8H2,1-6H3. The van der Waals surface area contributed by atoms with Crippen LogP contribution >= 0.6 is 0 Å². The first-order valence-electron chi connectivity index (χ1n) is 4.96. The van der Waals surface area contributed by atoms with Crippen molar-refractivity contribution in [2.45, 2.75) is 48.0 Å². The van der Waals surface area contributed by atoms with Crippen LogP contribution in [0.1, 0.15) is 48.0 Å². The van der Waals surface area contributed by atoms with Crippen molar-refractivity contribution in [1.29, 1.82) is 0 Å². The topological polar surface area (TPSA) is 37.3 Å². The van der Waals surface area contributed by atoms with Crippen molar-refractivity contribution in [1.82, 2.24) is 0 Å². The monoisotopic (exact) mass is 198 g/mol. The molecule has 2 heteroatoms. The molecule has 0 rings (SSSR count). The van der Waals surface area contributed by atoms with E-state index in [1.54, 1.807) is 0 Å². The molecule has 0 atom stereocenters. The van der Waals surface area contributed by atoms with Crippen molar-refractivity contribution in [2.24, 2.45) is 10.8 Å². The van der Waals surface area contributed by atoms with Gasteiger partial charge in [-0.15, -0.1) is 0 Å². The van der Waals surface area contributed by atoms with Crippen LogP contribution in [0.25, 0.3) is 0 Å². The average Bonchev–Trinajstić information content (AvgIpc) is 1.79. The third kappa shape index (κ3) is 5.79. The number of aliphatic hydroxyl groups is 1. The summed E-state index contributed by atoms with van der Waals surface area (Å²) in [6.07, 6.45) is 1.82. The van der Waals surface area contributed by atoms with Gasteiger partial charge in [-0.2, -0.15) is 0 Å². The molecule has 0 aliphatic rings. The Morgan fingerprint density at radius 1 is 1.14 bits per heavy atom. The van der Waals surface area contributed by atoms with Gasteiger partial charge in [-0.25, -0.2) is 0 Å². The average molecular weight is 198 g/mol. The van der Waals surface area contributed by atoms with E-state index < -0.39 is 0 Å². The fourth-order valence-electron chi connectivity index (χ4n) is 0.943. The zero-order chi connectivity index (χ0) is 11.6. The molecule has 0 bridgehead atoms. The van der Waals surface area contributed by atoms with Gasteiger partial charge < -0.3 is 5.11 Å². The molecule has 0 unspecified atom stereocenters. The fraction of sp³-hybridized carbons (Fsp3) is 0.750. The van der Waals surface area contributed by atoms with Gasteiger partial charge in [0, 0.05) is 17.9 Å². The molecule has 0 aromatic carbocycles. The highest BCUT2D eigenvalue weighted by atomic mass is 16.3. The molecule has 82 valence electrons. The van der Waals surface area contributed by atoms with Crippen molar-refractivity contribution in [3.8, 4) is 0 Å². The predicted molar refractivity (Wildman–Crippen MR) is 59.2 cm³/mol. The number of rotatable bonds is 2. The number of carbonyl (C=O) groups is 1. The molecule has 0 saturated heterocycles. The summed E-state index contributed by atoms with van der Waals surface area (Å²) in [6, 6.07) is 0. The van der Waals surface area contributed by atoms with Crippen LogP contribution in [0, 0.1) is 10.8 Å². The lowest BCUT2D eigenvalue weighted by Crippen LogP contribution is -2.15. The Morgan fingerprint density at radius 2 is 1.57 bits per heavy atom. The maximum absolute atomic E-state index is 11.5. The molecule has 0 aliphatic carbocycles. The van der Waals surface area contributed by atoms with Crippen LogP contribution < -0.4 is 0 Å². The molecule has 0 radical (unpaired) electrons. The second kappa shape index (κ2) is 4.16. The molecule has 0 aromatic heterocycles. The second-order valence-electron chi connectivity index (χ2n) is 5.98. The fourth-order valence-corrected chi connectivity index (χ4v) is 0.943. The van der Waals surface area contributed by atoms with Gasteiger partial charge in [0.05, 0.1) is 0 Å². The van der Waals surface area contributed by atoms with Crippen LogP contribution in [0.5, 0.6) is 0 Å². The van der Waals surface area contributed by atoms with Crippen LogP contribution in [0.4, 0.5) is 0 Å². The highest BCUT2D eigenvalue weighted by Crippen LogP contribution is 2.24. The molecule has 1 N–H and O–H groups in total. The van der Waals surface area contributed by atoms with Gasteiger partial charge in [0.25, 0.3) is 0 Å². The Balaban J connectivity index is 4.46. The summed E-state index contributed by atoms with van der Waals surface area (Å²) < 4.78 is 0. The molecule has 0 saturated carbocycles. The Morgan fingerprint density at radius 3 is 1.86 bits per heavy atom. The van der Waals surface area contributed by atoms with E-state index in [1.807, 2.05) is 41.5 Å². The van der Waals surface area contributed by atoms with Crippen molar-refractivity contribution in [3.05, 3.63) is 11.8 Å². The molecule has 0 fully saturated rings. The summed E-state index contributed by atoms with van der Waals surface area (Å²) in [5.74, 6) is 0.150. The minimum atomic E-state index is -0.340. The lowest BCUT2D eigenvalue weighted by atomic mass is 9.88. The van der Waals surface area contributed by atoms with Gasteiger partial charge in [-0.1, -0.05) is 41.5 Å². The van der Waals surface area contributed by atoms with Crippen molar-refractivity contribution in [3.63, 3.8) is 0 Å². The van der Waals surface area contributed by atoms with Crippen molar-refractivity contribution >= 4 is 5.78 Å². The maximum atomic E-state index is 11.5. The number of ketones is 1. The van der Waals surface area contributed by atoms with Crippen LogP contribution in [0.15, 0.2) is 11.8 Å². The highest BCUT2D eigenvalue weighted by Gasteiger charge is 2.19. The quantitative estimate of drug-likeness (QED) is 0.545. The maximum Gasteiger partial charge on any atom is 0.159 e. The first kappa shape index (κ1) is 13.2. The highest BCUT2D eigenvalue weighted by molar-refractivity contribution is 5.90. The minimum absolute atomic E-state index is 0.00933. The zero-order valence-corrected chi connectivity index (χ0v) is 10.1. The van der Waals surface area contributed by atoms with Gasteiger partial charge in [0.15, 0.2) is 5.78 Å². The molecule has 0 heterocycles. The van der Waals surface area contributed by atoms with E-state index in [2.05, 4.69) is 0 Å². The van der Waals surface area contributed by atoms with E-state index in [9.17, 15) is 9.90 Å². The zero-order valence-electron chi connectivity index (χ0n) is 10.1. The van der Waals surface area contributed by atoms with E-state index in [1.165, 1.54) is 6.08 Å². The molecule has 0 spiro atoms. The smallest absolute Gasteiger partial charge is 0.159 e. The van der Waals surface area contributed by atoms with E-state index in [0.717, 1.165) is 0 Å².